The van der Waals surface area contributed by atoms with Gasteiger partial charge in [-0.15, -0.1) is 0 Å². The van der Waals surface area contributed by atoms with Gasteiger partial charge in [0.25, 0.3) is 0 Å². The summed E-state index contributed by atoms with van der Waals surface area (Å²) < 4.78 is 29.7. The second-order valence-corrected chi connectivity index (χ2v) is 16.0. The molecule has 52 heavy (non-hydrogen) atoms. The predicted molar refractivity (Wildman–Crippen MR) is 202 cm³/mol. The number of carbonyl (C=O) groups is 4. The molecular weight excluding hydrogens is 710 g/mol. The normalized spacial score (nSPS) is 30.8. The van der Waals surface area contributed by atoms with E-state index >= 15 is 0 Å². The molecule has 0 aliphatic carbocycles. The summed E-state index contributed by atoms with van der Waals surface area (Å²) in [4.78, 5) is 56.6. The lowest BCUT2D eigenvalue weighted by Gasteiger charge is -2.41. The first-order valence-electron chi connectivity index (χ1n) is 17.6. The van der Waals surface area contributed by atoms with Gasteiger partial charge in [0, 0.05) is 51.6 Å². The van der Waals surface area contributed by atoms with Gasteiger partial charge in [0.1, 0.15) is 40.3 Å². The van der Waals surface area contributed by atoms with Gasteiger partial charge in [0.2, 0.25) is 11.8 Å². The molecule has 3 aliphatic rings. The zero-order chi connectivity index (χ0) is 38.5. The maximum Gasteiger partial charge on any atom is 0.409 e. The van der Waals surface area contributed by atoms with Crippen molar-refractivity contribution in [2.45, 2.75) is 114 Å². The van der Waals surface area contributed by atoms with Crippen molar-refractivity contribution in [1.29, 1.82) is 0 Å². The van der Waals surface area contributed by atoms with Crippen LogP contribution in [-0.2, 0) is 39.8 Å². The Morgan fingerprint density at radius 2 is 1.94 bits per heavy atom. The molecule has 8 atom stereocenters. The van der Waals surface area contributed by atoms with Crippen LogP contribution in [-0.4, -0.2) is 104 Å². The number of benzene rings is 1. The molecule has 0 saturated carbocycles. The summed E-state index contributed by atoms with van der Waals surface area (Å²) in [6, 6.07) is 2.75. The number of ether oxygens (including phenoxy) is 5. The maximum absolute atomic E-state index is 14.1. The molecule has 2 fully saturated rings. The molecule has 0 radical (unpaired) electrons. The maximum atomic E-state index is 14.1. The first-order chi connectivity index (χ1) is 24.5. The van der Waals surface area contributed by atoms with E-state index in [0.29, 0.717) is 42.4 Å². The molecule has 12 nitrogen and oxygen atoms in total. The minimum Gasteiger partial charge on any atom is -0.495 e. The zero-order valence-corrected chi connectivity index (χ0v) is 33.5. The number of thioether (sulfide) groups is 1. The number of carbonyl (C=O) groups excluding carboxylic acids is 4. The third-order valence-electron chi connectivity index (χ3n) is 10.7. The number of hydrogen-bond acceptors (Lipinski definition) is 10. The van der Waals surface area contributed by atoms with Gasteiger partial charge in [-0.25, -0.2) is 9.59 Å². The highest BCUT2D eigenvalue weighted by Crippen LogP contribution is 2.49. The quantitative estimate of drug-likeness (QED) is 0.233. The van der Waals surface area contributed by atoms with E-state index in [-0.39, 0.29) is 35.6 Å². The number of fused-ring (bicyclic) bond motifs is 5. The second kappa shape index (κ2) is 17.3. The number of amides is 3. The molecule has 1 aromatic rings. The van der Waals surface area contributed by atoms with Gasteiger partial charge >= 0.3 is 12.1 Å². The van der Waals surface area contributed by atoms with Gasteiger partial charge in [-0.2, -0.15) is 11.8 Å². The van der Waals surface area contributed by atoms with E-state index in [4.69, 9.17) is 35.3 Å². The van der Waals surface area contributed by atoms with Crippen molar-refractivity contribution < 1.29 is 42.9 Å². The highest BCUT2D eigenvalue weighted by Gasteiger charge is 2.64. The van der Waals surface area contributed by atoms with E-state index in [9.17, 15) is 19.2 Å². The van der Waals surface area contributed by atoms with Crippen molar-refractivity contribution in [3.63, 3.8) is 0 Å². The minimum atomic E-state index is -1.12. The first-order valence-corrected chi connectivity index (χ1v) is 19.3. The summed E-state index contributed by atoms with van der Waals surface area (Å²) in [5, 5.41) is 3.41. The van der Waals surface area contributed by atoms with Crippen LogP contribution < -0.4 is 15.0 Å². The Kier molecular flexibility index (Phi) is 13.8. The number of epoxide rings is 1. The molecule has 14 heteroatoms. The Balaban J connectivity index is 1.71. The van der Waals surface area contributed by atoms with E-state index in [2.05, 4.69) is 5.32 Å². The Morgan fingerprint density at radius 3 is 2.60 bits per heavy atom. The number of hydrogen-bond donors (Lipinski definition) is 1. The fourth-order valence-corrected chi connectivity index (χ4v) is 7.44. The highest BCUT2D eigenvalue weighted by molar-refractivity contribution is 7.99. The van der Waals surface area contributed by atoms with Crippen LogP contribution >= 0.6 is 23.4 Å². The predicted octanol–water partition coefficient (Wildman–Crippen LogP) is 6.08. The van der Waals surface area contributed by atoms with Crippen LogP contribution in [0.2, 0.25) is 5.02 Å². The molecule has 1 aromatic carbocycles. The van der Waals surface area contributed by atoms with E-state index in [1.807, 2.05) is 57.4 Å². The fraction of sp³-hybridized carbons (Fsp3) is 0.632. The van der Waals surface area contributed by atoms with E-state index in [0.717, 1.165) is 11.1 Å². The average molecular weight is 764 g/mol. The Labute approximate surface area is 316 Å². The smallest absolute Gasteiger partial charge is 0.409 e. The third kappa shape index (κ3) is 9.45. The molecule has 1 N–H and O–H groups in total. The zero-order valence-electron chi connectivity index (χ0n) is 31.9. The van der Waals surface area contributed by atoms with Crippen LogP contribution in [0.5, 0.6) is 5.75 Å². The lowest BCUT2D eigenvalue weighted by atomic mass is 9.84. The molecule has 2 unspecified atom stereocenters. The van der Waals surface area contributed by atoms with Crippen LogP contribution in [0.1, 0.15) is 72.3 Å². The van der Waals surface area contributed by atoms with Crippen molar-refractivity contribution >= 4 is 52.9 Å². The molecule has 0 aromatic heterocycles. The largest absolute Gasteiger partial charge is 0.495 e. The van der Waals surface area contributed by atoms with Gasteiger partial charge in [0.15, 0.2) is 0 Å². The SMILES string of the molecule is COc1cc2cc(c1Cl)N(C)C(=O)CC(OC(=O)[C@H](C)N(C)C(=O)CCC(C)SC)[C@]1(C)O[C@H]1[C@H](C)[C@@H]1C[C@](OC)(C/C=C/C=C(\C)C2)NC(=O)O1. The molecule has 288 valence electrons. The number of allylic oxidation sites excluding steroid dienone is 3. The number of esters is 1. The number of alkyl carbamates (subject to hydrolysis) is 1. The van der Waals surface area contributed by atoms with Gasteiger partial charge in [-0.1, -0.05) is 49.2 Å². The Morgan fingerprint density at radius 1 is 1.23 bits per heavy atom. The standard InChI is InChI=1S/C38H54ClN3O9S/c1-22-13-11-12-16-38(48-9)21-29(49-36(46)40-38)24(3)34-37(5,51-34)30(50-35(45)25(4)41(6)31(43)15-14-23(2)52-10)20-32(44)42(7)27-18-26(17-22)19-28(47-8)33(27)39/h11-13,18-19,23-25,29-30,34H,14-17,20-21H2,1-10H3,(H,40,46)/b12-11+,22-13+/t23?,24-,25+,29+,30?,34+,37+,38-/m1/s1. The van der Waals surface area contributed by atoms with Gasteiger partial charge in [0.05, 0.1) is 25.3 Å². The van der Waals surface area contributed by atoms with Crippen molar-refractivity contribution in [2.75, 3.05) is 39.5 Å². The monoisotopic (exact) mass is 763 g/mol. The highest BCUT2D eigenvalue weighted by atomic mass is 35.5. The number of likely N-dealkylation sites (N-methyl/N-ethyl adjacent to an activating group) is 1. The van der Waals surface area contributed by atoms with Crippen molar-refractivity contribution in [3.05, 3.63) is 46.5 Å². The number of anilines is 1. The van der Waals surface area contributed by atoms with Gasteiger partial charge < -0.3 is 33.5 Å². The lowest BCUT2D eigenvalue weighted by Crippen LogP contribution is -2.58. The van der Waals surface area contributed by atoms with Crippen molar-refractivity contribution in [1.82, 2.24) is 10.2 Å². The first kappa shape index (κ1) is 41.5. The Bertz CT molecular complexity index is 1570. The van der Waals surface area contributed by atoms with Crippen LogP contribution in [0, 0.1) is 5.92 Å². The molecule has 3 aliphatic heterocycles. The van der Waals surface area contributed by atoms with Gasteiger partial charge in [-0.05, 0) is 57.6 Å². The third-order valence-corrected chi connectivity index (χ3v) is 12.1. The van der Waals surface area contributed by atoms with Crippen molar-refractivity contribution in [2.24, 2.45) is 5.92 Å². The molecular formula is C38H54ClN3O9S. The van der Waals surface area contributed by atoms with E-state index < -0.39 is 47.7 Å². The molecule has 0 spiro atoms. The summed E-state index contributed by atoms with van der Waals surface area (Å²) in [6.45, 7) is 9.33. The second-order valence-electron chi connectivity index (χ2n) is 14.4. The summed E-state index contributed by atoms with van der Waals surface area (Å²) in [6.07, 6.45) is 6.96. The number of nitrogens with one attached hydrogen (secondary N) is 1. The Hall–Kier alpha value is -3.26. The number of halogens is 1. The topological polar surface area (TPSA) is 136 Å². The lowest BCUT2D eigenvalue weighted by molar-refractivity contribution is -0.162. The number of methoxy groups -OCH3 is 2. The molecule has 3 heterocycles. The summed E-state index contributed by atoms with van der Waals surface area (Å²) in [5.41, 5.74) is 0.185. The van der Waals surface area contributed by atoms with Crippen LogP contribution in [0.25, 0.3) is 0 Å². The molecule has 4 bridgehead atoms. The fourth-order valence-electron chi connectivity index (χ4n) is 6.77. The summed E-state index contributed by atoms with van der Waals surface area (Å²) in [7, 11) is 6.25. The van der Waals surface area contributed by atoms with Crippen molar-refractivity contribution in [3.8, 4) is 5.75 Å². The number of nitrogens with zero attached hydrogens (tertiary/aromatic N) is 2. The summed E-state index contributed by atoms with van der Waals surface area (Å²) in [5.74, 6) is -1.19. The van der Waals surface area contributed by atoms with Gasteiger partial charge in [-0.3, -0.25) is 14.9 Å². The minimum absolute atomic E-state index is 0.181. The van der Waals surface area contributed by atoms with Crippen LogP contribution in [0.4, 0.5) is 10.5 Å². The molecule has 4 rings (SSSR count). The number of rotatable bonds is 9. The van der Waals surface area contributed by atoms with Crippen LogP contribution in [0.15, 0.2) is 35.9 Å². The average Bonchev–Trinajstić information content (AvgIpc) is 3.82. The van der Waals surface area contributed by atoms with E-state index in [1.165, 1.54) is 16.9 Å². The van der Waals surface area contributed by atoms with E-state index in [1.54, 1.807) is 46.8 Å². The summed E-state index contributed by atoms with van der Waals surface area (Å²) >= 11 is 8.44. The van der Waals surface area contributed by atoms with Crippen LogP contribution in [0.3, 0.4) is 0 Å². The molecule has 3 amide bonds. The molecule has 2 saturated heterocycles.